The second-order valence-corrected chi connectivity index (χ2v) is 6.00. The van der Waals surface area contributed by atoms with Crippen molar-refractivity contribution in [3.63, 3.8) is 0 Å². The summed E-state index contributed by atoms with van der Waals surface area (Å²) in [4.78, 5) is 13.5. The third-order valence-corrected chi connectivity index (χ3v) is 4.01. The smallest absolute Gasteiger partial charge is 0.333 e. The number of anilines is 2. The number of halogens is 8. The molecule has 2 aromatic rings. The van der Waals surface area contributed by atoms with Crippen molar-refractivity contribution in [3.05, 3.63) is 55.2 Å². The number of hydrogen-bond acceptors (Lipinski definition) is 4. The van der Waals surface area contributed by atoms with E-state index < -0.39 is 55.6 Å². The van der Waals surface area contributed by atoms with E-state index in [1.54, 1.807) is 0 Å². The van der Waals surface area contributed by atoms with Gasteiger partial charge in [-0.2, -0.15) is 26.3 Å². The maximum Gasteiger partial charge on any atom is 0.418 e. The van der Waals surface area contributed by atoms with Crippen LogP contribution in [0.1, 0.15) is 16.7 Å². The van der Waals surface area contributed by atoms with E-state index in [1.807, 2.05) is 0 Å². The Morgan fingerprint density at radius 3 is 2.15 bits per heavy atom. The van der Waals surface area contributed by atoms with Gasteiger partial charge in [0.15, 0.2) is 0 Å². The molecule has 0 amide bonds. The van der Waals surface area contributed by atoms with Gasteiger partial charge in [-0.15, -0.1) is 0 Å². The standard InChI is InChI=1S/C14H7Cl2F6N3O2/c1-5-2-7(14(20,21)22)9(16)11(25(26)27)10(5)24-12-8(15)3-6(4-23-12)13(17,18)19/h2-4H,1H3,(H,23,24). The van der Waals surface area contributed by atoms with Crippen molar-refractivity contribution >= 4 is 40.4 Å². The Hall–Kier alpha value is -2.27. The van der Waals surface area contributed by atoms with Crippen molar-refractivity contribution in [2.24, 2.45) is 0 Å². The fourth-order valence-corrected chi connectivity index (χ4v) is 2.65. The summed E-state index contributed by atoms with van der Waals surface area (Å²) in [6, 6.07) is 1.08. The number of hydrogen-bond donors (Lipinski definition) is 1. The maximum atomic E-state index is 13.0. The highest BCUT2D eigenvalue weighted by Crippen LogP contribution is 2.45. The summed E-state index contributed by atoms with van der Waals surface area (Å²) in [7, 11) is 0. The van der Waals surface area contributed by atoms with E-state index in [0.717, 1.165) is 6.92 Å². The molecule has 0 radical (unpaired) electrons. The molecule has 27 heavy (non-hydrogen) atoms. The maximum absolute atomic E-state index is 13.0. The van der Waals surface area contributed by atoms with Crippen molar-refractivity contribution in [2.45, 2.75) is 19.3 Å². The quantitative estimate of drug-likeness (QED) is 0.346. The van der Waals surface area contributed by atoms with Crippen LogP contribution in [0.3, 0.4) is 0 Å². The first-order valence-electron chi connectivity index (χ1n) is 6.78. The number of aryl methyl sites for hydroxylation is 1. The van der Waals surface area contributed by atoms with Gasteiger partial charge in [-0.1, -0.05) is 23.2 Å². The second-order valence-electron chi connectivity index (χ2n) is 5.21. The predicted molar refractivity (Wildman–Crippen MR) is 85.4 cm³/mol. The molecule has 0 saturated carbocycles. The van der Waals surface area contributed by atoms with Crippen molar-refractivity contribution in [1.29, 1.82) is 0 Å². The van der Waals surface area contributed by atoms with Gasteiger partial charge >= 0.3 is 18.0 Å². The number of pyridine rings is 1. The van der Waals surface area contributed by atoms with Crippen LogP contribution in [0.5, 0.6) is 0 Å². The molecule has 1 heterocycles. The number of nitrogens with zero attached hydrogens (tertiary/aromatic N) is 2. The van der Waals surface area contributed by atoms with Gasteiger partial charge in [-0.05, 0) is 24.6 Å². The predicted octanol–water partition coefficient (Wildman–Crippen LogP) is 6.39. The van der Waals surface area contributed by atoms with E-state index in [4.69, 9.17) is 23.2 Å². The van der Waals surface area contributed by atoms with Gasteiger partial charge in [0.05, 0.1) is 21.1 Å². The zero-order valence-electron chi connectivity index (χ0n) is 13.0. The van der Waals surface area contributed by atoms with Gasteiger partial charge in [0.2, 0.25) is 0 Å². The average molecular weight is 434 g/mol. The minimum Gasteiger partial charge on any atom is -0.333 e. The molecule has 1 N–H and O–H groups in total. The van der Waals surface area contributed by atoms with Gasteiger partial charge < -0.3 is 5.32 Å². The minimum atomic E-state index is -4.95. The van der Waals surface area contributed by atoms with Gasteiger partial charge in [0.1, 0.15) is 16.5 Å². The third kappa shape index (κ3) is 4.35. The number of rotatable bonds is 3. The van der Waals surface area contributed by atoms with Crippen LogP contribution in [0, 0.1) is 17.0 Å². The number of aromatic nitrogens is 1. The van der Waals surface area contributed by atoms with Gasteiger partial charge in [-0.25, -0.2) is 4.98 Å². The molecular formula is C14H7Cl2F6N3O2. The number of nitro groups is 1. The van der Waals surface area contributed by atoms with Crippen molar-refractivity contribution in [3.8, 4) is 0 Å². The van der Waals surface area contributed by atoms with Crippen LogP contribution >= 0.6 is 23.2 Å². The van der Waals surface area contributed by atoms with Gasteiger partial charge in [0.25, 0.3) is 0 Å². The Morgan fingerprint density at radius 2 is 1.70 bits per heavy atom. The van der Waals surface area contributed by atoms with E-state index in [0.29, 0.717) is 18.3 Å². The summed E-state index contributed by atoms with van der Waals surface area (Å²) in [5, 5.41) is 11.8. The first-order valence-corrected chi connectivity index (χ1v) is 7.53. The highest BCUT2D eigenvalue weighted by Gasteiger charge is 2.39. The summed E-state index contributed by atoms with van der Waals surface area (Å²) in [5.41, 5.74) is -4.43. The molecule has 5 nitrogen and oxygen atoms in total. The summed E-state index contributed by atoms with van der Waals surface area (Å²) in [5.74, 6) is -0.424. The average Bonchev–Trinajstić information content (AvgIpc) is 2.49. The molecule has 0 atom stereocenters. The van der Waals surface area contributed by atoms with Crippen molar-refractivity contribution in [1.82, 2.24) is 4.98 Å². The Labute approximate surface area is 157 Å². The molecule has 0 aliphatic rings. The van der Waals surface area contributed by atoms with E-state index >= 15 is 0 Å². The molecule has 0 saturated heterocycles. The van der Waals surface area contributed by atoms with Crippen molar-refractivity contribution in [2.75, 3.05) is 5.32 Å². The molecule has 1 aromatic carbocycles. The molecular weight excluding hydrogens is 427 g/mol. The first-order chi connectivity index (χ1) is 12.2. The normalized spacial score (nSPS) is 12.2. The van der Waals surface area contributed by atoms with E-state index in [-0.39, 0.29) is 5.56 Å². The van der Waals surface area contributed by atoms with Gasteiger partial charge in [-0.3, -0.25) is 10.1 Å². The molecule has 146 valence electrons. The summed E-state index contributed by atoms with van der Waals surface area (Å²) in [6.07, 6.45) is -9.26. The fourth-order valence-electron chi connectivity index (χ4n) is 2.11. The Bertz CT molecular complexity index is 915. The lowest BCUT2D eigenvalue weighted by atomic mass is 10.1. The van der Waals surface area contributed by atoms with Gasteiger partial charge in [0, 0.05) is 6.20 Å². The lowest BCUT2D eigenvalue weighted by molar-refractivity contribution is -0.384. The fraction of sp³-hybridized carbons (Fsp3) is 0.214. The molecule has 0 aliphatic carbocycles. The Kier molecular flexibility index (Phi) is 5.48. The SMILES string of the molecule is Cc1cc(C(F)(F)F)c(Cl)c([N+](=O)[O-])c1Nc1ncc(C(F)(F)F)cc1Cl. The van der Waals surface area contributed by atoms with Crippen LogP contribution in [-0.4, -0.2) is 9.91 Å². The minimum absolute atomic E-state index is 0.240. The topological polar surface area (TPSA) is 68.1 Å². The summed E-state index contributed by atoms with van der Waals surface area (Å²) < 4.78 is 76.9. The molecule has 0 fully saturated rings. The summed E-state index contributed by atoms with van der Waals surface area (Å²) in [6.45, 7) is 1.12. The van der Waals surface area contributed by atoms with Crippen molar-refractivity contribution < 1.29 is 31.3 Å². The molecule has 0 aliphatic heterocycles. The molecule has 0 unspecified atom stereocenters. The zero-order chi connectivity index (χ0) is 20.7. The van der Waals surface area contributed by atoms with Crippen LogP contribution in [0.2, 0.25) is 10.0 Å². The summed E-state index contributed by atoms with van der Waals surface area (Å²) >= 11 is 11.3. The van der Waals surface area contributed by atoms with Crippen LogP contribution in [-0.2, 0) is 12.4 Å². The Balaban J connectivity index is 2.60. The molecule has 13 heteroatoms. The Morgan fingerprint density at radius 1 is 1.11 bits per heavy atom. The highest BCUT2D eigenvalue weighted by molar-refractivity contribution is 6.34. The van der Waals surface area contributed by atoms with E-state index in [9.17, 15) is 36.5 Å². The zero-order valence-corrected chi connectivity index (χ0v) is 14.5. The van der Waals surface area contributed by atoms with Crippen LogP contribution in [0.25, 0.3) is 0 Å². The van der Waals surface area contributed by atoms with Crippen LogP contribution < -0.4 is 5.32 Å². The number of alkyl halides is 6. The lowest BCUT2D eigenvalue weighted by Crippen LogP contribution is -2.11. The number of nitrogens with one attached hydrogen (secondary N) is 1. The molecule has 0 spiro atoms. The largest absolute Gasteiger partial charge is 0.418 e. The highest BCUT2D eigenvalue weighted by atomic mass is 35.5. The van der Waals surface area contributed by atoms with E-state index in [2.05, 4.69) is 10.3 Å². The first kappa shape index (κ1) is 21.0. The molecule has 0 bridgehead atoms. The third-order valence-electron chi connectivity index (χ3n) is 3.34. The molecule has 1 aromatic heterocycles. The lowest BCUT2D eigenvalue weighted by Gasteiger charge is -2.16. The van der Waals surface area contributed by atoms with E-state index in [1.165, 1.54) is 0 Å². The second kappa shape index (κ2) is 7.04. The van der Waals surface area contributed by atoms with Crippen LogP contribution in [0.4, 0.5) is 43.5 Å². The molecule has 2 rings (SSSR count). The number of nitro benzene ring substituents is 1. The monoisotopic (exact) mass is 433 g/mol. The van der Waals surface area contributed by atoms with Crippen LogP contribution in [0.15, 0.2) is 18.3 Å². The number of benzene rings is 1.